The van der Waals surface area contributed by atoms with Gasteiger partial charge in [-0.15, -0.1) is 0 Å². The molecule has 0 spiro atoms. The van der Waals surface area contributed by atoms with Crippen LogP contribution in [-0.2, 0) is 0 Å². The molecule has 7 heteroatoms. The molecule has 0 radical (unpaired) electrons. The summed E-state index contributed by atoms with van der Waals surface area (Å²) in [6.45, 7) is 0.839. The number of thioether (sulfide) groups is 2. The Morgan fingerprint density at radius 2 is 1.90 bits per heavy atom. The number of Topliss-reactive ketones (excluding diaryl/α,β-unsaturated/α-hetero) is 1. The van der Waals surface area contributed by atoms with Crippen LogP contribution in [0.2, 0.25) is 0 Å². The minimum atomic E-state index is 0.00875. The zero-order chi connectivity index (χ0) is 15.2. The molecular formula is C14H17NO4S2. The monoisotopic (exact) mass is 327 g/mol. The van der Waals surface area contributed by atoms with E-state index in [1.165, 1.54) is 33.1 Å². The Morgan fingerprint density at radius 3 is 2.38 bits per heavy atom. The minimum Gasteiger partial charge on any atom is -0.493 e. The van der Waals surface area contributed by atoms with Crippen LogP contribution in [-0.4, -0.2) is 49.5 Å². The Balaban J connectivity index is 2.16. The second kappa shape index (κ2) is 7.61. The number of carbonyl (C=O) groups is 1. The maximum absolute atomic E-state index is 12.3. The van der Waals surface area contributed by atoms with Crippen molar-refractivity contribution < 1.29 is 19.0 Å². The molecule has 1 aromatic rings. The van der Waals surface area contributed by atoms with Gasteiger partial charge in [-0.2, -0.15) is 0 Å². The minimum absolute atomic E-state index is 0.00875. The van der Waals surface area contributed by atoms with Gasteiger partial charge in [0.2, 0.25) is 5.75 Å². The number of benzene rings is 1. The Morgan fingerprint density at radius 1 is 1.24 bits per heavy atom. The third-order valence-corrected chi connectivity index (χ3v) is 5.12. The van der Waals surface area contributed by atoms with Gasteiger partial charge in [-0.3, -0.25) is 9.79 Å². The number of aliphatic imine (C=N–C) groups is 1. The molecule has 1 aliphatic heterocycles. The molecule has 5 nitrogen and oxygen atoms in total. The van der Waals surface area contributed by atoms with Crippen LogP contribution in [0.4, 0.5) is 0 Å². The van der Waals surface area contributed by atoms with Gasteiger partial charge >= 0.3 is 0 Å². The summed E-state index contributed by atoms with van der Waals surface area (Å²) >= 11 is 3.17. The SMILES string of the molecule is COc1cc(C(=O)CSC2=NCCS2)cc(OC)c1OC. The molecule has 0 saturated carbocycles. The quantitative estimate of drug-likeness (QED) is 0.749. The number of hydrogen-bond acceptors (Lipinski definition) is 7. The zero-order valence-corrected chi connectivity index (χ0v) is 13.8. The van der Waals surface area contributed by atoms with Crippen LogP contribution in [0.1, 0.15) is 10.4 Å². The van der Waals surface area contributed by atoms with Gasteiger partial charge in [-0.25, -0.2) is 0 Å². The van der Waals surface area contributed by atoms with Crippen LogP contribution in [0.3, 0.4) is 0 Å². The molecular weight excluding hydrogens is 310 g/mol. The Labute approximate surface area is 132 Å². The van der Waals surface area contributed by atoms with E-state index in [9.17, 15) is 4.79 Å². The highest BCUT2D eigenvalue weighted by Gasteiger charge is 2.18. The van der Waals surface area contributed by atoms with Gasteiger partial charge < -0.3 is 14.2 Å². The van der Waals surface area contributed by atoms with Gasteiger partial charge in [-0.1, -0.05) is 23.5 Å². The lowest BCUT2D eigenvalue weighted by Gasteiger charge is -2.13. The highest BCUT2D eigenvalue weighted by atomic mass is 32.2. The van der Waals surface area contributed by atoms with Crippen molar-refractivity contribution in [3.63, 3.8) is 0 Å². The van der Waals surface area contributed by atoms with Gasteiger partial charge in [0.25, 0.3) is 0 Å². The van der Waals surface area contributed by atoms with E-state index in [1.54, 1.807) is 23.9 Å². The predicted octanol–water partition coefficient (Wildman–Crippen LogP) is 2.73. The van der Waals surface area contributed by atoms with Crippen LogP contribution in [0.15, 0.2) is 17.1 Å². The highest BCUT2D eigenvalue weighted by molar-refractivity contribution is 8.39. The van der Waals surface area contributed by atoms with Crippen LogP contribution in [0, 0.1) is 0 Å². The number of methoxy groups -OCH3 is 3. The summed E-state index contributed by atoms with van der Waals surface area (Å²) < 4.78 is 16.7. The van der Waals surface area contributed by atoms with E-state index < -0.39 is 0 Å². The Hall–Kier alpha value is -1.34. The summed E-state index contributed by atoms with van der Waals surface area (Å²) in [7, 11) is 4.60. The fourth-order valence-electron chi connectivity index (χ4n) is 1.86. The molecule has 0 aromatic heterocycles. The molecule has 0 aliphatic carbocycles. The second-order valence-corrected chi connectivity index (χ2v) is 6.43. The number of ether oxygens (including phenoxy) is 3. The van der Waals surface area contributed by atoms with E-state index in [-0.39, 0.29) is 5.78 Å². The van der Waals surface area contributed by atoms with E-state index in [2.05, 4.69) is 4.99 Å². The Kier molecular flexibility index (Phi) is 5.81. The third kappa shape index (κ3) is 3.85. The van der Waals surface area contributed by atoms with Crippen molar-refractivity contribution in [2.45, 2.75) is 0 Å². The van der Waals surface area contributed by atoms with Crippen molar-refractivity contribution in [3.8, 4) is 17.2 Å². The van der Waals surface area contributed by atoms with Crippen molar-refractivity contribution in [3.05, 3.63) is 17.7 Å². The van der Waals surface area contributed by atoms with E-state index in [0.717, 1.165) is 16.7 Å². The summed E-state index contributed by atoms with van der Waals surface area (Å²) in [6, 6.07) is 3.35. The first-order chi connectivity index (χ1) is 10.2. The topological polar surface area (TPSA) is 57.1 Å². The lowest BCUT2D eigenvalue weighted by Crippen LogP contribution is -2.06. The number of rotatable bonds is 6. The van der Waals surface area contributed by atoms with Crippen molar-refractivity contribution in [1.29, 1.82) is 0 Å². The molecule has 2 rings (SSSR count). The molecule has 0 amide bonds. The molecule has 21 heavy (non-hydrogen) atoms. The van der Waals surface area contributed by atoms with Crippen molar-refractivity contribution in [2.24, 2.45) is 4.99 Å². The maximum atomic E-state index is 12.3. The molecule has 0 unspecified atom stereocenters. The van der Waals surface area contributed by atoms with Gasteiger partial charge in [0.15, 0.2) is 17.3 Å². The standard InChI is InChI=1S/C14H17NO4S2/c1-17-11-6-9(7-12(18-2)13(11)19-3)10(16)8-21-14-15-4-5-20-14/h6-7H,4-5,8H2,1-3H3. The molecule has 1 aromatic carbocycles. The molecule has 0 fully saturated rings. The fraction of sp³-hybridized carbons (Fsp3) is 0.429. The number of hydrogen-bond donors (Lipinski definition) is 0. The first kappa shape index (κ1) is 16.0. The number of nitrogens with zero attached hydrogens (tertiary/aromatic N) is 1. The van der Waals surface area contributed by atoms with Crippen LogP contribution >= 0.6 is 23.5 Å². The van der Waals surface area contributed by atoms with Crippen molar-refractivity contribution in [1.82, 2.24) is 0 Å². The molecule has 114 valence electrons. The summed E-state index contributed by atoms with van der Waals surface area (Å²) in [5, 5.41) is 0. The first-order valence-electron chi connectivity index (χ1n) is 6.32. The molecule has 0 atom stereocenters. The van der Waals surface area contributed by atoms with Crippen LogP contribution in [0.5, 0.6) is 17.2 Å². The zero-order valence-electron chi connectivity index (χ0n) is 12.2. The maximum Gasteiger partial charge on any atom is 0.203 e. The summed E-state index contributed by atoms with van der Waals surface area (Å²) in [5.74, 6) is 2.82. The summed E-state index contributed by atoms with van der Waals surface area (Å²) in [5.41, 5.74) is 0.542. The van der Waals surface area contributed by atoms with Gasteiger partial charge in [0.1, 0.15) is 4.38 Å². The fourth-order valence-corrected chi connectivity index (χ4v) is 3.76. The summed E-state index contributed by atoms with van der Waals surface area (Å²) in [6.07, 6.45) is 0. The van der Waals surface area contributed by atoms with Crippen LogP contribution < -0.4 is 14.2 Å². The predicted molar refractivity (Wildman–Crippen MR) is 87.6 cm³/mol. The van der Waals surface area contributed by atoms with E-state index >= 15 is 0 Å². The molecule has 1 heterocycles. The molecule has 1 aliphatic rings. The third-order valence-electron chi connectivity index (χ3n) is 2.87. The average Bonchev–Trinajstić information content (AvgIpc) is 3.04. The Bertz CT molecular complexity index is 535. The largest absolute Gasteiger partial charge is 0.493 e. The smallest absolute Gasteiger partial charge is 0.203 e. The van der Waals surface area contributed by atoms with Gasteiger partial charge in [-0.05, 0) is 12.1 Å². The van der Waals surface area contributed by atoms with Gasteiger partial charge in [0, 0.05) is 11.3 Å². The van der Waals surface area contributed by atoms with E-state index in [0.29, 0.717) is 28.6 Å². The molecule has 0 N–H and O–H groups in total. The lowest BCUT2D eigenvalue weighted by atomic mass is 10.1. The van der Waals surface area contributed by atoms with Crippen molar-refractivity contribution >= 4 is 33.7 Å². The number of ketones is 1. The normalized spacial score (nSPS) is 13.8. The second-order valence-electron chi connectivity index (χ2n) is 4.12. The van der Waals surface area contributed by atoms with Gasteiger partial charge in [0.05, 0.1) is 33.6 Å². The average molecular weight is 327 g/mol. The van der Waals surface area contributed by atoms with E-state index in [4.69, 9.17) is 14.2 Å². The molecule has 0 saturated heterocycles. The summed E-state index contributed by atoms with van der Waals surface area (Å²) in [4.78, 5) is 16.6. The molecule has 0 bridgehead atoms. The highest BCUT2D eigenvalue weighted by Crippen LogP contribution is 2.38. The van der Waals surface area contributed by atoms with Crippen LogP contribution in [0.25, 0.3) is 0 Å². The van der Waals surface area contributed by atoms with E-state index in [1.807, 2.05) is 0 Å². The lowest BCUT2D eigenvalue weighted by molar-refractivity contribution is 0.102. The van der Waals surface area contributed by atoms with Crippen molar-refractivity contribution in [2.75, 3.05) is 39.4 Å². The first-order valence-corrected chi connectivity index (χ1v) is 8.30. The number of carbonyl (C=O) groups excluding carboxylic acids is 1.